The topological polar surface area (TPSA) is 39.6 Å². The average molecular weight is 263 g/mol. The van der Waals surface area contributed by atoms with Crippen LogP contribution >= 0.6 is 0 Å². The Bertz CT molecular complexity index is 408. The fraction of sp³-hybridized carbons (Fsp3) is 0.667. The largest absolute Gasteiger partial charge is 0.389 e. The molecule has 2 atom stereocenters. The Kier molecular flexibility index (Phi) is 4.77. The molecular weight excluding hydrogens is 238 g/mol. The zero-order valence-electron chi connectivity index (χ0n) is 12.2. The first-order chi connectivity index (χ1) is 9.11. The zero-order chi connectivity index (χ0) is 13.8. The second-order valence-corrected chi connectivity index (χ2v) is 5.43. The molecule has 1 aliphatic heterocycles. The van der Waals surface area contributed by atoms with Crippen LogP contribution in [0.2, 0.25) is 0 Å². The maximum absolute atomic E-state index is 9.64. The van der Waals surface area contributed by atoms with Gasteiger partial charge in [0.05, 0.1) is 6.10 Å². The number of aromatic nitrogens is 1. The number of likely N-dealkylation sites (N-methyl/N-ethyl adjacent to an activating group) is 2. The second kappa shape index (κ2) is 6.35. The van der Waals surface area contributed by atoms with Crippen molar-refractivity contribution in [2.24, 2.45) is 0 Å². The summed E-state index contributed by atoms with van der Waals surface area (Å²) in [5, 5.41) is 9.64. The van der Waals surface area contributed by atoms with Crippen LogP contribution in [0, 0.1) is 0 Å². The van der Waals surface area contributed by atoms with E-state index in [4.69, 9.17) is 0 Å². The van der Waals surface area contributed by atoms with Crippen molar-refractivity contribution in [3.63, 3.8) is 0 Å². The van der Waals surface area contributed by atoms with E-state index in [0.29, 0.717) is 6.04 Å². The molecule has 19 heavy (non-hydrogen) atoms. The van der Waals surface area contributed by atoms with Crippen LogP contribution < -0.4 is 4.90 Å². The number of anilines is 1. The Morgan fingerprint density at radius 2 is 2.37 bits per heavy atom. The molecule has 1 fully saturated rings. The Labute approximate surface area is 116 Å². The van der Waals surface area contributed by atoms with E-state index in [9.17, 15) is 5.11 Å². The minimum Gasteiger partial charge on any atom is -0.389 e. The number of rotatable bonds is 5. The summed E-state index contributed by atoms with van der Waals surface area (Å²) in [6.45, 7) is 7.36. The number of hydrogen-bond acceptors (Lipinski definition) is 4. The smallest absolute Gasteiger partial charge is 0.128 e. The summed E-state index contributed by atoms with van der Waals surface area (Å²) in [7, 11) is 2.08. The van der Waals surface area contributed by atoms with Crippen molar-refractivity contribution < 1.29 is 5.11 Å². The van der Waals surface area contributed by atoms with Gasteiger partial charge in [-0.1, -0.05) is 6.92 Å². The van der Waals surface area contributed by atoms with Crippen LogP contribution in [0.25, 0.3) is 0 Å². The molecule has 1 aliphatic rings. The molecule has 0 spiro atoms. The van der Waals surface area contributed by atoms with E-state index in [1.165, 1.54) is 19.4 Å². The molecule has 1 N–H and O–H groups in total. The molecule has 0 saturated carbocycles. The minimum absolute atomic E-state index is 0.436. The second-order valence-electron chi connectivity index (χ2n) is 5.43. The highest BCUT2D eigenvalue weighted by atomic mass is 16.3. The highest BCUT2D eigenvalue weighted by Crippen LogP contribution is 2.21. The van der Waals surface area contributed by atoms with E-state index in [2.05, 4.69) is 28.8 Å². The van der Waals surface area contributed by atoms with E-state index in [1.807, 2.05) is 12.1 Å². The molecule has 0 bridgehead atoms. The van der Waals surface area contributed by atoms with Crippen molar-refractivity contribution in [3.05, 3.63) is 23.9 Å². The van der Waals surface area contributed by atoms with E-state index in [-0.39, 0.29) is 0 Å². The molecular formula is C15H25N3O. The Balaban J connectivity index is 2.03. The first kappa shape index (κ1) is 14.3. The molecule has 0 aromatic carbocycles. The molecule has 1 saturated heterocycles. The zero-order valence-corrected chi connectivity index (χ0v) is 12.2. The Morgan fingerprint density at radius 1 is 1.58 bits per heavy atom. The summed E-state index contributed by atoms with van der Waals surface area (Å²) >= 11 is 0. The lowest BCUT2D eigenvalue weighted by molar-refractivity contribution is 0.199. The lowest BCUT2D eigenvalue weighted by atomic mass is 10.1. The van der Waals surface area contributed by atoms with Crippen molar-refractivity contribution in [2.75, 3.05) is 31.6 Å². The van der Waals surface area contributed by atoms with Gasteiger partial charge in [0.1, 0.15) is 5.82 Å². The number of hydrogen-bond donors (Lipinski definition) is 1. The van der Waals surface area contributed by atoms with Crippen LogP contribution in [0.1, 0.15) is 38.4 Å². The third kappa shape index (κ3) is 3.45. The van der Waals surface area contributed by atoms with Crippen LogP contribution in [0.3, 0.4) is 0 Å². The predicted molar refractivity (Wildman–Crippen MR) is 78.4 cm³/mol. The standard InChI is InChI=1S/C15H25N3O/c1-4-18-9-5-6-14(18)11-17(3)15-10-13(12(2)19)7-8-16-15/h7-8,10,12,14,19H,4-6,9,11H2,1-3H3/t12-,14?/m1/s1. The van der Waals surface area contributed by atoms with Gasteiger partial charge in [0.2, 0.25) is 0 Å². The van der Waals surface area contributed by atoms with Gasteiger partial charge >= 0.3 is 0 Å². The minimum atomic E-state index is -0.436. The Morgan fingerprint density at radius 3 is 3.05 bits per heavy atom. The third-order valence-electron chi connectivity index (χ3n) is 4.03. The molecule has 0 radical (unpaired) electrons. The number of nitrogens with zero attached hydrogens (tertiary/aromatic N) is 3. The van der Waals surface area contributed by atoms with Crippen molar-refractivity contribution >= 4 is 5.82 Å². The van der Waals surface area contributed by atoms with Gasteiger partial charge in [0.15, 0.2) is 0 Å². The van der Waals surface area contributed by atoms with Gasteiger partial charge < -0.3 is 10.0 Å². The molecule has 2 rings (SSSR count). The van der Waals surface area contributed by atoms with Gasteiger partial charge in [0.25, 0.3) is 0 Å². The van der Waals surface area contributed by atoms with Gasteiger partial charge in [0, 0.05) is 25.8 Å². The average Bonchev–Trinajstić information content (AvgIpc) is 2.86. The normalized spacial score (nSPS) is 21.6. The summed E-state index contributed by atoms with van der Waals surface area (Å²) in [6.07, 6.45) is 3.91. The summed E-state index contributed by atoms with van der Waals surface area (Å²) in [4.78, 5) is 9.15. The molecule has 1 unspecified atom stereocenters. The predicted octanol–water partition coefficient (Wildman–Crippen LogP) is 2.06. The summed E-state index contributed by atoms with van der Waals surface area (Å²) in [5.74, 6) is 0.946. The molecule has 0 aliphatic carbocycles. The molecule has 0 amide bonds. The molecule has 2 heterocycles. The lowest BCUT2D eigenvalue weighted by Gasteiger charge is -2.28. The van der Waals surface area contributed by atoms with Crippen LogP contribution in [0.15, 0.2) is 18.3 Å². The lowest BCUT2D eigenvalue weighted by Crippen LogP contribution is -2.39. The summed E-state index contributed by atoms with van der Waals surface area (Å²) in [6, 6.07) is 4.48. The van der Waals surface area contributed by atoms with Crippen LogP contribution in [-0.4, -0.2) is 47.7 Å². The van der Waals surface area contributed by atoms with Crippen LogP contribution in [0.5, 0.6) is 0 Å². The summed E-state index contributed by atoms with van der Waals surface area (Å²) in [5.41, 5.74) is 0.926. The Hall–Kier alpha value is -1.13. The maximum Gasteiger partial charge on any atom is 0.128 e. The van der Waals surface area contributed by atoms with Crippen molar-refractivity contribution in [2.45, 2.75) is 38.8 Å². The third-order valence-corrected chi connectivity index (χ3v) is 4.03. The maximum atomic E-state index is 9.64. The highest BCUT2D eigenvalue weighted by Gasteiger charge is 2.24. The fourth-order valence-electron chi connectivity index (χ4n) is 2.83. The molecule has 4 heteroatoms. The molecule has 1 aromatic rings. The molecule has 4 nitrogen and oxygen atoms in total. The number of likely N-dealkylation sites (tertiary alicyclic amines) is 1. The van der Waals surface area contributed by atoms with Crippen LogP contribution in [0.4, 0.5) is 5.82 Å². The van der Waals surface area contributed by atoms with Gasteiger partial charge in [-0.05, 0) is 50.6 Å². The highest BCUT2D eigenvalue weighted by molar-refractivity contribution is 5.40. The monoisotopic (exact) mass is 263 g/mol. The van der Waals surface area contributed by atoms with E-state index in [0.717, 1.165) is 24.5 Å². The van der Waals surface area contributed by atoms with E-state index < -0.39 is 6.10 Å². The fourth-order valence-corrected chi connectivity index (χ4v) is 2.83. The van der Waals surface area contributed by atoms with Crippen molar-refractivity contribution in [1.29, 1.82) is 0 Å². The van der Waals surface area contributed by atoms with Crippen LogP contribution in [-0.2, 0) is 0 Å². The summed E-state index contributed by atoms with van der Waals surface area (Å²) < 4.78 is 0. The number of aliphatic hydroxyl groups is 1. The van der Waals surface area contributed by atoms with Gasteiger partial charge in [-0.3, -0.25) is 4.90 Å². The van der Waals surface area contributed by atoms with Gasteiger partial charge in [-0.2, -0.15) is 0 Å². The van der Waals surface area contributed by atoms with Crippen molar-refractivity contribution in [1.82, 2.24) is 9.88 Å². The van der Waals surface area contributed by atoms with E-state index in [1.54, 1.807) is 13.1 Å². The molecule has 106 valence electrons. The van der Waals surface area contributed by atoms with Gasteiger partial charge in [-0.15, -0.1) is 0 Å². The number of aliphatic hydroxyl groups excluding tert-OH is 1. The van der Waals surface area contributed by atoms with Crippen molar-refractivity contribution in [3.8, 4) is 0 Å². The first-order valence-corrected chi connectivity index (χ1v) is 7.21. The quantitative estimate of drug-likeness (QED) is 0.882. The van der Waals surface area contributed by atoms with E-state index >= 15 is 0 Å². The first-order valence-electron chi connectivity index (χ1n) is 7.21. The number of pyridine rings is 1. The molecule has 1 aromatic heterocycles. The van der Waals surface area contributed by atoms with Gasteiger partial charge in [-0.25, -0.2) is 4.98 Å². The SMILES string of the molecule is CCN1CCCC1CN(C)c1cc([C@@H](C)O)ccn1.